The van der Waals surface area contributed by atoms with Crippen LogP contribution in [0.3, 0.4) is 0 Å². The average molecular weight is 218 g/mol. The molecule has 0 unspecified atom stereocenters. The summed E-state index contributed by atoms with van der Waals surface area (Å²) in [5, 5.41) is 0. The van der Waals surface area contributed by atoms with Gasteiger partial charge in [-0.25, -0.2) is 0 Å². The van der Waals surface area contributed by atoms with E-state index in [0.29, 0.717) is 13.0 Å². The van der Waals surface area contributed by atoms with Crippen LogP contribution in [0.4, 0.5) is 0 Å². The van der Waals surface area contributed by atoms with E-state index in [1.807, 2.05) is 0 Å². The lowest BCUT2D eigenvalue weighted by Gasteiger charge is -1.99. The quantitative estimate of drug-likeness (QED) is 0.642. The lowest BCUT2D eigenvalue weighted by atomic mass is 10.2. The van der Waals surface area contributed by atoms with E-state index in [4.69, 9.17) is 10.3 Å². The van der Waals surface area contributed by atoms with Gasteiger partial charge in [-0.05, 0) is 30.7 Å². The highest BCUT2D eigenvalue weighted by Gasteiger charge is 2.07. The average Bonchev–Trinajstić information content (AvgIpc) is 2.04. The Bertz CT molecular complexity index is 372. The molecule has 14 heavy (non-hydrogen) atoms. The molecule has 0 aliphatic carbocycles. The van der Waals surface area contributed by atoms with Gasteiger partial charge in [0.2, 0.25) is 0 Å². The number of rotatable bonds is 3. The second-order valence-electron chi connectivity index (χ2n) is 2.66. The predicted octanol–water partition coefficient (Wildman–Crippen LogP) is 0.596. The van der Waals surface area contributed by atoms with E-state index < -0.39 is 10.1 Å². The number of nitrogens with two attached hydrogens (primary N) is 1. The lowest BCUT2D eigenvalue weighted by molar-refractivity contribution is 0.483. The molecule has 0 spiro atoms. The molecule has 0 aromatic heterocycles. The van der Waals surface area contributed by atoms with Gasteiger partial charge in [-0.15, -0.1) is 0 Å². The van der Waals surface area contributed by atoms with Crippen LogP contribution in [0.15, 0.2) is 29.2 Å². The summed E-state index contributed by atoms with van der Waals surface area (Å²) in [6.07, 6.45) is 0.700. The number of hydrogen-bond acceptors (Lipinski definition) is 4. The first-order valence-electron chi connectivity index (χ1n) is 3.80. The van der Waals surface area contributed by atoms with Crippen molar-refractivity contribution in [1.82, 2.24) is 6.15 Å². The van der Waals surface area contributed by atoms with Crippen molar-refractivity contribution in [3.63, 3.8) is 0 Å². The first-order chi connectivity index (χ1) is 6.04. The van der Waals surface area contributed by atoms with Crippen LogP contribution in [0.25, 0.3) is 0 Å². The van der Waals surface area contributed by atoms with Gasteiger partial charge in [0.05, 0.1) is 4.90 Å². The molecule has 0 heterocycles. The first kappa shape index (κ1) is 13.1. The molecule has 0 aliphatic heterocycles. The fourth-order valence-corrected chi connectivity index (χ4v) is 1.47. The van der Waals surface area contributed by atoms with Crippen LogP contribution in [-0.2, 0) is 16.5 Å². The molecule has 0 bridgehead atoms. The third kappa shape index (κ3) is 3.43. The van der Waals surface area contributed by atoms with Crippen molar-refractivity contribution in [2.24, 2.45) is 5.73 Å². The summed E-state index contributed by atoms with van der Waals surface area (Å²) in [6.45, 7) is 0.519. The molecule has 0 fully saturated rings. The second-order valence-corrected chi connectivity index (χ2v) is 4.08. The van der Waals surface area contributed by atoms with Crippen LogP contribution in [0.1, 0.15) is 5.56 Å². The van der Waals surface area contributed by atoms with Crippen LogP contribution >= 0.6 is 0 Å². The highest BCUT2D eigenvalue weighted by atomic mass is 32.2. The lowest BCUT2D eigenvalue weighted by Crippen LogP contribution is -2.03. The Hall–Kier alpha value is -0.950. The van der Waals surface area contributed by atoms with Gasteiger partial charge >= 0.3 is 0 Å². The standard InChI is InChI=1S/C8H11NO3S.H3N/c9-6-5-7-1-3-8(4-2-7)13(10,11)12;/h1-4H,5-6,9H2,(H,10,11,12);1H3. The largest absolute Gasteiger partial charge is 0.344 e. The minimum absolute atomic E-state index is 0. The molecule has 1 aromatic carbocycles. The summed E-state index contributed by atoms with van der Waals surface area (Å²) in [5.74, 6) is 0. The van der Waals surface area contributed by atoms with Crippen molar-refractivity contribution >= 4 is 10.1 Å². The van der Waals surface area contributed by atoms with E-state index in [2.05, 4.69) is 0 Å². The Morgan fingerprint density at radius 3 is 2.07 bits per heavy atom. The topological polar surface area (TPSA) is 115 Å². The number of hydrogen-bond donors (Lipinski definition) is 3. The second kappa shape index (κ2) is 5.06. The van der Waals surface area contributed by atoms with Crippen molar-refractivity contribution in [3.05, 3.63) is 29.8 Å². The van der Waals surface area contributed by atoms with E-state index in [9.17, 15) is 8.42 Å². The van der Waals surface area contributed by atoms with E-state index >= 15 is 0 Å². The number of benzene rings is 1. The Morgan fingerprint density at radius 2 is 1.71 bits per heavy atom. The first-order valence-corrected chi connectivity index (χ1v) is 5.24. The normalized spacial score (nSPS) is 10.7. The molecule has 6 heteroatoms. The zero-order valence-electron chi connectivity index (χ0n) is 7.68. The SMILES string of the molecule is N.NCCc1ccc(S(=O)(=O)O)cc1. The van der Waals surface area contributed by atoms with Crippen LogP contribution < -0.4 is 11.9 Å². The van der Waals surface area contributed by atoms with Crippen LogP contribution in [0, 0.1) is 0 Å². The summed E-state index contributed by atoms with van der Waals surface area (Å²) in [4.78, 5) is -0.0896. The zero-order valence-corrected chi connectivity index (χ0v) is 8.50. The van der Waals surface area contributed by atoms with Gasteiger partial charge < -0.3 is 11.9 Å². The molecule has 6 N–H and O–H groups in total. The maximum atomic E-state index is 10.6. The molecular weight excluding hydrogens is 204 g/mol. The maximum absolute atomic E-state index is 10.6. The van der Waals surface area contributed by atoms with Crippen LogP contribution in [0.2, 0.25) is 0 Å². The molecule has 0 saturated carbocycles. The Morgan fingerprint density at radius 1 is 1.21 bits per heavy atom. The van der Waals surface area contributed by atoms with Gasteiger partial charge in [0, 0.05) is 0 Å². The molecule has 5 nitrogen and oxygen atoms in total. The maximum Gasteiger partial charge on any atom is 0.294 e. The summed E-state index contributed by atoms with van der Waals surface area (Å²) in [7, 11) is -4.07. The van der Waals surface area contributed by atoms with E-state index in [0.717, 1.165) is 5.56 Å². The molecule has 0 saturated heterocycles. The van der Waals surface area contributed by atoms with Gasteiger partial charge in [-0.2, -0.15) is 8.42 Å². The van der Waals surface area contributed by atoms with Gasteiger partial charge in [0.1, 0.15) is 0 Å². The molecule has 0 radical (unpaired) electrons. The highest BCUT2D eigenvalue weighted by molar-refractivity contribution is 7.85. The third-order valence-electron chi connectivity index (χ3n) is 1.65. The third-order valence-corrected chi connectivity index (χ3v) is 2.52. The molecule has 80 valence electrons. The van der Waals surface area contributed by atoms with E-state index in [-0.39, 0.29) is 11.0 Å². The summed E-state index contributed by atoms with van der Waals surface area (Å²) < 4.78 is 29.9. The van der Waals surface area contributed by atoms with Gasteiger partial charge in [-0.1, -0.05) is 12.1 Å². The molecule has 1 rings (SSSR count). The summed E-state index contributed by atoms with van der Waals surface area (Å²) >= 11 is 0. The zero-order chi connectivity index (χ0) is 9.90. The van der Waals surface area contributed by atoms with Crippen molar-refractivity contribution in [2.75, 3.05) is 6.54 Å². The smallest absolute Gasteiger partial charge is 0.294 e. The van der Waals surface area contributed by atoms with E-state index in [1.165, 1.54) is 12.1 Å². The van der Waals surface area contributed by atoms with Gasteiger partial charge in [-0.3, -0.25) is 4.55 Å². The molecule has 0 amide bonds. The molecular formula is C8H14N2O3S. The minimum atomic E-state index is -4.07. The van der Waals surface area contributed by atoms with Crippen molar-refractivity contribution < 1.29 is 13.0 Å². The van der Waals surface area contributed by atoms with Gasteiger partial charge in [0.15, 0.2) is 0 Å². The van der Waals surface area contributed by atoms with Crippen molar-refractivity contribution in [3.8, 4) is 0 Å². The fraction of sp³-hybridized carbons (Fsp3) is 0.250. The monoisotopic (exact) mass is 218 g/mol. The Balaban J connectivity index is 0.00000169. The van der Waals surface area contributed by atoms with E-state index in [1.54, 1.807) is 12.1 Å². The predicted molar refractivity (Wildman–Crippen MR) is 54.0 cm³/mol. The van der Waals surface area contributed by atoms with Crippen molar-refractivity contribution in [1.29, 1.82) is 0 Å². The van der Waals surface area contributed by atoms with Crippen LogP contribution in [0.5, 0.6) is 0 Å². The molecule has 0 aliphatic rings. The fourth-order valence-electron chi connectivity index (χ4n) is 0.995. The minimum Gasteiger partial charge on any atom is -0.344 e. The molecule has 0 atom stereocenters. The highest BCUT2D eigenvalue weighted by Crippen LogP contribution is 2.09. The van der Waals surface area contributed by atoms with Crippen LogP contribution in [-0.4, -0.2) is 19.5 Å². The van der Waals surface area contributed by atoms with Crippen molar-refractivity contribution in [2.45, 2.75) is 11.3 Å². The Kier molecular flexibility index (Phi) is 4.72. The summed E-state index contributed by atoms with van der Waals surface area (Å²) in [5.41, 5.74) is 6.27. The van der Waals surface area contributed by atoms with Gasteiger partial charge in [0.25, 0.3) is 10.1 Å². The Labute approximate surface area is 83.3 Å². The summed E-state index contributed by atoms with van der Waals surface area (Å²) in [6, 6.07) is 5.99. The molecule has 1 aromatic rings.